The Morgan fingerprint density at radius 1 is 1.57 bits per heavy atom. The molecule has 5 heteroatoms. The van der Waals surface area contributed by atoms with Crippen LogP contribution in [0, 0.1) is 0 Å². The molecule has 1 unspecified atom stereocenters. The summed E-state index contributed by atoms with van der Waals surface area (Å²) in [6.07, 6.45) is 2.99. The van der Waals surface area contributed by atoms with Crippen LogP contribution >= 0.6 is 0 Å². The maximum atomic E-state index is 10.9. The molecule has 1 heterocycles. The molecule has 1 aliphatic rings. The molecule has 1 fully saturated rings. The Morgan fingerprint density at radius 3 is 3.00 bits per heavy atom. The van der Waals surface area contributed by atoms with E-state index in [9.17, 15) is 4.79 Å². The molecule has 0 radical (unpaired) electrons. The van der Waals surface area contributed by atoms with E-state index < -0.39 is 0 Å². The first-order chi connectivity index (χ1) is 6.74. The van der Waals surface area contributed by atoms with Crippen LogP contribution in [0.3, 0.4) is 0 Å². The Balaban J connectivity index is 2.22. The van der Waals surface area contributed by atoms with Crippen molar-refractivity contribution in [3.05, 3.63) is 0 Å². The van der Waals surface area contributed by atoms with Crippen molar-refractivity contribution in [1.29, 1.82) is 0 Å². The smallest absolute Gasteiger partial charge is 0.314 e. The van der Waals surface area contributed by atoms with Crippen LogP contribution in [-0.2, 0) is 4.74 Å². The van der Waals surface area contributed by atoms with Gasteiger partial charge in [-0.1, -0.05) is 0 Å². The van der Waals surface area contributed by atoms with Gasteiger partial charge in [-0.25, -0.2) is 4.79 Å². The van der Waals surface area contributed by atoms with Gasteiger partial charge in [0.05, 0.1) is 6.10 Å². The average molecular weight is 201 g/mol. The number of nitrogens with two attached hydrogens (primary N) is 2. The predicted octanol–water partition coefficient (Wildman–Crippen LogP) is -0.105. The van der Waals surface area contributed by atoms with E-state index in [1.165, 1.54) is 0 Å². The van der Waals surface area contributed by atoms with Crippen LogP contribution in [0.25, 0.3) is 0 Å². The van der Waals surface area contributed by atoms with Crippen LogP contribution in [0.1, 0.15) is 19.3 Å². The van der Waals surface area contributed by atoms with E-state index in [-0.39, 0.29) is 12.1 Å². The van der Waals surface area contributed by atoms with Crippen molar-refractivity contribution < 1.29 is 9.53 Å². The minimum absolute atomic E-state index is 0.141. The highest BCUT2D eigenvalue weighted by molar-refractivity contribution is 5.72. The number of ether oxygens (including phenoxy) is 1. The highest BCUT2D eigenvalue weighted by Crippen LogP contribution is 2.12. The summed E-state index contributed by atoms with van der Waals surface area (Å²) in [6, 6.07) is -0.350. The Labute approximate surface area is 84.4 Å². The van der Waals surface area contributed by atoms with E-state index in [4.69, 9.17) is 16.2 Å². The van der Waals surface area contributed by atoms with E-state index in [1.54, 1.807) is 4.90 Å². The SMILES string of the molecule is NCCCOC1CCCN(C(N)=O)C1. The lowest BCUT2D eigenvalue weighted by Gasteiger charge is -2.31. The Morgan fingerprint density at radius 2 is 2.36 bits per heavy atom. The number of hydrogen-bond donors (Lipinski definition) is 2. The molecule has 1 atom stereocenters. The zero-order chi connectivity index (χ0) is 10.4. The summed E-state index contributed by atoms with van der Waals surface area (Å²) in [6.45, 7) is 2.70. The molecule has 0 aliphatic carbocycles. The van der Waals surface area contributed by atoms with Gasteiger partial charge >= 0.3 is 6.03 Å². The fourth-order valence-electron chi connectivity index (χ4n) is 1.61. The van der Waals surface area contributed by atoms with Crippen molar-refractivity contribution in [2.75, 3.05) is 26.2 Å². The minimum atomic E-state index is -0.350. The molecule has 14 heavy (non-hydrogen) atoms. The number of likely N-dealkylation sites (tertiary alicyclic amines) is 1. The number of nitrogens with zero attached hydrogens (tertiary/aromatic N) is 1. The molecular formula is C9H19N3O2. The number of carbonyl (C=O) groups excluding carboxylic acids is 1. The predicted molar refractivity (Wildman–Crippen MR) is 53.8 cm³/mol. The molecule has 0 aromatic heterocycles. The molecule has 4 N–H and O–H groups in total. The monoisotopic (exact) mass is 201 g/mol. The summed E-state index contributed by atoms with van der Waals surface area (Å²) in [4.78, 5) is 12.5. The molecule has 0 spiro atoms. The maximum Gasteiger partial charge on any atom is 0.314 e. The van der Waals surface area contributed by atoms with Gasteiger partial charge in [0.1, 0.15) is 0 Å². The summed E-state index contributed by atoms with van der Waals surface area (Å²) in [5.74, 6) is 0. The van der Waals surface area contributed by atoms with Crippen LogP contribution in [0.4, 0.5) is 4.79 Å². The van der Waals surface area contributed by atoms with Crippen molar-refractivity contribution in [3.8, 4) is 0 Å². The van der Waals surface area contributed by atoms with Crippen molar-refractivity contribution >= 4 is 6.03 Å². The van der Waals surface area contributed by atoms with E-state index in [0.717, 1.165) is 25.8 Å². The number of piperidine rings is 1. The highest BCUT2D eigenvalue weighted by Gasteiger charge is 2.22. The topological polar surface area (TPSA) is 81.6 Å². The molecule has 5 nitrogen and oxygen atoms in total. The van der Waals surface area contributed by atoms with E-state index in [2.05, 4.69) is 0 Å². The van der Waals surface area contributed by atoms with E-state index >= 15 is 0 Å². The summed E-state index contributed by atoms with van der Waals surface area (Å²) in [7, 11) is 0. The third-order valence-corrected chi connectivity index (χ3v) is 2.39. The third kappa shape index (κ3) is 3.51. The molecule has 0 aromatic rings. The van der Waals surface area contributed by atoms with Gasteiger partial charge in [-0.05, 0) is 25.8 Å². The lowest BCUT2D eigenvalue weighted by atomic mass is 10.1. The molecule has 0 aromatic carbocycles. The molecule has 1 rings (SSSR count). The maximum absolute atomic E-state index is 10.9. The summed E-state index contributed by atoms with van der Waals surface area (Å²) < 4.78 is 5.57. The number of carbonyl (C=O) groups is 1. The van der Waals surface area contributed by atoms with Crippen molar-refractivity contribution in [2.24, 2.45) is 11.5 Å². The molecule has 0 bridgehead atoms. The fourth-order valence-corrected chi connectivity index (χ4v) is 1.61. The van der Waals surface area contributed by atoms with Gasteiger partial charge in [0, 0.05) is 19.7 Å². The fraction of sp³-hybridized carbons (Fsp3) is 0.889. The van der Waals surface area contributed by atoms with E-state index in [0.29, 0.717) is 19.7 Å². The van der Waals surface area contributed by atoms with Gasteiger partial charge in [0.2, 0.25) is 0 Å². The van der Waals surface area contributed by atoms with Crippen LogP contribution in [0.15, 0.2) is 0 Å². The van der Waals surface area contributed by atoms with Crippen LogP contribution in [0.2, 0.25) is 0 Å². The molecular weight excluding hydrogens is 182 g/mol. The second-order valence-electron chi connectivity index (χ2n) is 3.56. The van der Waals surface area contributed by atoms with Crippen molar-refractivity contribution in [1.82, 2.24) is 4.90 Å². The van der Waals surface area contributed by atoms with Gasteiger partial charge in [0.15, 0.2) is 0 Å². The number of urea groups is 1. The number of primary amides is 1. The van der Waals surface area contributed by atoms with Gasteiger partial charge in [-0.2, -0.15) is 0 Å². The first-order valence-electron chi connectivity index (χ1n) is 5.10. The number of rotatable bonds is 4. The zero-order valence-corrected chi connectivity index (χ0v) is 8.45. The molecule has 82 valence electrons. The van der Waals surface area contributed by atoms with Gasteiger partial charge in [-0.3, -0.25) is 0 Å². The van der Waals surface area contributed by atoms with Crippen LogP contribution in [-0.4, -0.2) is 43.3 Å². The summed E-state index contributed by atoms with van der Waals surface area (Å²) >= 11 is 0. The van der Waals surface area contributed by atoms with E-state index in [1.807, 2.05) is 0 Å². The average Bonchev–Trinajstić information content (AvgIpc) is 2.19. The van der Waals surface area contributed by atoms with Crippen molar-refractivity contribution in [2.45, 2.75) is 25.4 Å². The number of amides is 2. The second-order valence-corrected chi connectivity index (χ2v) is 3.56. The van der Waals surface area contributed by atoms with Gasteiger partial charge in [-0.15, -0.1) is 0 Å². The molecule has 1 saturated heterocycles. The normalized spacial score (nSPS) is 22.4. The molecule has 2 amide bonds. The lowest BCUT2D eigenvalue weighted by Crippen LogP contribution is -2.45. The third-order valence-electron chi connectivity index (χ3n) is 2.39. The van der Waals surface area contributed by atoms with Gasteiger partial charge < -0.3 is 21.1 Å². The van der Waals surface area contributed by atoms with Crippen molar-refractivity contribution in [3.63, 3.8) is 0 Å². The lowest BCUT2D eigenvalue weighted by molar-refractivity contribution is 0.0104. The highest BCUT2D eigenvalue weighted by atomic mass is 16.5. The molecule has 1 aliphatic heterocycles. The summed E-state index contributed by atoms with van der Waals surface area (Å²) in [5, 5.41) is 0. The number of hydrogen-bond acceptors (Lipinski definition) is 3. The molecule has 0 saturated carbocycles. The Hall–Kier alpha value is -0.810. The summed E-state index contributed by atoms with van der Waals surface area (Å²) in [5.41, 5.74) is 10.6. The minimum Gasteiger partial charge on any atom is -0.376 e. The first-order valence-corrected chi connectivity index (χ1v) is 5.10. The Bertz CT molecular complexity index is 187. The standard InChI is InChI=1S/C9H19N3O2/c10-4-2-6-14-8-3-1-5-12(7-8)9(11)13/h8H,1-7,10H2,(H2,11,13). The van der Waals surface area contributed by atoms with Crippen LogP contribution < -0.4 is 11.5 Å². The first kappa shape index (κ1) is 11.3. The Kier molecular flexibility index (Phi) is 4.69. The largest absolute Gasteiger partial charge is 0.376 e. The quantitative estimate of drug-likeness (QED) is 0.623. The zero-order valence-electron chi connectivity index (χ0n) is 8.45. The second kappa shape index (κ2) is 5.82. The van der Waals surface area contributed by atoms with Crippen LogP contribution in [0.5, 0.6) is 0 Å². The van der Waals surface area contributed by atoms with Gasteiger partial charge in [0.25, 0.3) is 0 Å².